The summed E-state index contributed by atoms with van der Waals surface area (Å²) in [5, 5.41) is 11.7. The number of hydrogen-bond donors (Lipinski definition) is 3. The van der Waals surface area contributed by atoms with E-state index >= 15 is 0 Å². The van der Waals surface area contributed by atoms with Gasteiger partial charge in [0.2, 0.25) is 0 Å². The summed E-state index contributed by atoms with van der Waals surface area (Å²) in [6.45, 7) is -0.222. The number of thioether (sulfide) groups is 1. The largest absolute Gasteiger partial charge is 0.465 e. The molecule has 1 aliphatic heterocycles. The molecule has 1 aromatic heterocycles. The molecular weight excluding hydrogens is 464 g/mol. The van der Waals surface area contributed by atoms with E-state index in [2.05, 4.69) is 15.3 Å². The summed E-state index contributed by atoms with van der Waals surface area (Å²) in [7, 11) is 0. The third-order valence-corrected chi connectivity index (χ3v) is 7.51. The number of benzene rings is 1. The van der Waals surface area contributed by atoms with Gasteiger partial charge in [-0.2, -0.15) is 24.9 Å². The molecule has 0 spiro atoms. The van der Waals surface area contributed by atoms with E-state index in [1.807, 2.05) is 0 Å². The molecule has 2 heterocycles. The van der Waals surface area contributed by atoms with E-state index in [4.69, 9.17) is 5.11 Å². The molecule has 2 fully saturated rings. The molecular formula is C21H24F4N4O3S. The van der Waals surface area contributed by atoms with Crippen LogP contribution in [0, 0.1) is 5.82 Å². The fraction of sp³-hybridized carbons (Fsp3) is 0.571. The van der Waals surface area contributed by atoms with Gasteiger partial charge in [0.15, 0.2) is 0 Å². The zero-order chi connectivity index (χ0) is 23.8. The Balaban J connectivity index is 1.49. The van der Waals surface area contributed by atoms with E-state index in [1.54, 1.807) is 6.07 Å². The van der Waals surface area contributed by atoms with Gasteiger partial charge >= 0.3 is 12.3 Å². The molecule has 180 valence electrons. The van der Waals surface area contributed by atoms with Crippen LogP contribution >= 0.6 is 11.8 Å². The molecule has 3 N–H and O–H groups in total. The van der Waals surface area contributed by atoms with Gasteiger partial charge < -0.3 is 15.4 Å². The first-order valence-corrected chi connectivity index (χ1v) is 11.8. The highest BCUT2D eigenvalue weighted by Crippen LogP contribution is 2.37. The van der Waals surface area contributed by atoms with Gasteiger partial charge in [-0.1, -0.05) is 12.8 Å². The Bertz CT molecular complexity index is 1090. The SMILES string of the molecule is O=C(O)N1CC[C@H](SCc2nc3cc(NC4CCCC4)cc(F)c3c(=O)[nH]2)C[C@H]1C(F)(F)F. The summed E-state index contributed by atoms with van der Waals surface area (Å²) in [6, 6.07) is 1.07. The Morgan fingerprint density at radius 2 is 2.00 bits per heavy atom. The summed E-state index contributed by atoms with van der Waals surface area (Å²) in [5.41, 5.74) is 0.0794. The van der Waals surface area contributed by atoms with Gasteiger partial charge in [0.25, 0.3) is 5.56 Å². The second-order valence-corrected chi connectivity index (χ2v) is 9.77. The lowest BCUT2D eigenvalue weighted by Crippen LogP contribution is -2.53. The Kier molecular flexibility index (Phi) is 6.73. The fourth-order valence-electron chi connectivity index (χ4n) is 4.55. The third kappa shape index (κ3) is 5.36. The van der Waals surface area contributed by atoms with Crippen LogP contribution in [0.3, 0.4) is 0 Å². The van der Waals surface area contributed by atoms with Crippen LogP contribution in [-0.2, 0) is 5.75 Å². The van der Waals surface area contributed by atoms with Crippen LogP contribution in [0.25, 0.3) is 10.9 Å². The number of alkyl halides is 3. The van der Waals surface area contributed by atoms with Crippen molar-refractivity contribution in [3.05, 3.63) is 34.1 Å². The number of rotatable bonds is 5. The molecule has 1 aromatic carbocycles. The van der Waals surface area contributed by atoms with E-state index in [1.165, 1.54) is 17.8 Å². The van der Waals surface area contributed by atoms with E-state index in [-0.39, 0.29) is 47.9 Å². The zero-order valence-electron chi connectivity index (χ0n) is 17.6. The van der Waals surface area contributed by atoms with Crippen LogP contribution < -0.4 is 10.9 Å². The predicted octanol–water partition coefficient (Wildman–Crippen LogP) is 4.72. The molecule has 1 amide bonds. The lowest BCUT2D eigenvalue weighted by molar-refractivity contribution is -0.184. The number of halogens is 4. The van der Waals surface area contributed by atoms with Crippen LogP contribution in [0.1, 0.15) is 44.3 Å². The van der Waals surface area contributed by atoms with Crippen LogP contribution in [-0.4, -0.2) is 56.1 Å². The minimum Gasteiger partial charge on any atom is -0.465 e. The molecule has 0 bridgehead atoms. The number of fused-ring (bicyclic) bond motifs is 1. The maximum Gasteiger partial charge on any atom is 0.408 e. The van der Waals surface area contributed by atoms with Crippen LogP contribution in [0.5, 0.6) is 0 Å². The molecule has 33 heavy (non-hydrogen) atoms. The van der Waals surface area contributed by atoms with Crippen molar-refractivity contribution in [2.45, 2.75) is 67.8 Å². The number of likely N-dealkylation sites (tertiary alicyclic amines) is 1. The highest BCUT2D eigenvalue weighted by molar-refractivity contribution is 7.99. The number of piperidine rings is 1. The fourth-order valence-corrected chi connectivity index (χ4v) is 5.67. The zero-order valence-corrected chi connectivity index (χ0v) is 18.4. The number of aromatic nitrogens is 2. The number of anilines is 1. The van der Waals surface area contributed by atoms with Crippen LogP contribution in [0.15, 0.2) is 16.9 Å². The van der Waals surface area contributed by atoms with Crippen molar-refractivity contribution in [2.75, 3.05) is 11.9 Å². The molecule has 0 unspecified atom stereocenters. The number of hydrogen-bond acceptors (Lipinski definition) is 5. The van der Waals surface area contributed by atoms with Gasteiger partial charge in [0.05, 0.1) is 11.3 Å². The quantitative estimate of drug-likeness (QED) is 0.527. The molecule has 12 heteroatoms. The van der Waals surface area contributed by atoms with Crippen molar-refractivity contribution in [3.8, 4) is 0 Å². The number of H-pyrrole nitrogens is 1. The minimum absolute atomic E-state index is 0.120. The highest BCUT2D eigenvalue weighted by atomic mass is 32.2. The third-order valence-electron chi connectivity index (χ3n) is 6.17. The van der Waals surface area contributed by atoms with Gasteiger partial charge in [-0.05, 0) is 37.8 Å². The lowest BCUT2D eigenvalue weighted by atomic mass is 10.0. The second-order valence-electron chi connectivity index (χ2n) is 8.48. The first-order valence-electron chi connectivity index (χ1n) is 10.8. The smallest absolute Gasteiger partial charge is 0.408 e. The van der Waals surface area contributed by atoms with Gasteiger partial charge in [-0.3, -0.25) is 9.69 Å². The summed E-state index contributed by atoms with van der Waals surface area (Å²) in [4.78, 5) is 30.9. The molecule has 1 saturated heterocycles. The van der Waals surface area contributed by atoms with Crippen molar-refractivity contribution in [3.63, 3.8) is 0 Å². The number of nitrogens with one attached hydrogen (secondary N) is 2. The molecule has 1 saturated carbocycles. The molecule has 4 rings (SSSR count). The first-order chi connectivity index (χ1) is 15.6. The predicted molar refractivity (Wildman–Crippen MR) is 117 cm³/mol. The maximum absolute atomic E-state index is 14.6. The van der Waals surface area contributed by atoms with Gasteiger partial charge in [0, 0.05) is 23.5 Å². The Morgan fingerprint density at radius 3 is 2.67 bits per heavy atom. The van der Waals surface area contributed by atoms with Gasteiger partial charge in [0.1, 0.15) is 23.1 Å². The molecule has 2 atom stereocenters. The summed E-state index contributed by atoms with van der Waals surface area (Å²) in [6.07, 6.45) is -2.18. The van der Waals surface area contributed by atoms with Crippen molar-refractivity contribution in [1.82, 2.24) is 14.9 Å². The number of carboxylic acid groups (broad SMARTS) is 1. The molecule has 0 radical (unpaired) electrons. The minimum atomic E-state index is -4.66. The molecule has 2 aliphatic rings. The average molecular weight is 489 g/mol. The molecule has 2 aromatic rings. The number of carbonyl (C=O) groups is 1. The number of aromatic amines is 1. The second kappa shape index (κ2) is 9.40. The van der Waals surface area contributed by atoms with Crippen molar-refractivity contribution in [2.24, 2.45) is 0 Å². The average Bonchev–Trinajstić information content (AvgIpc) is 3.23. The summed E-state index contributed by atoms with van der Waals surface area (Å²) in [5.74, 6) is -0.329. The van der Waals surface area contributed by atoms with E-state index in [0.717, 1.165) is 25.7 Å². The standard InChI is InChI=1S/C21H24F4N4O3S/c22-14-7-12(26-11-3-1-2-4-11)8-15-18(14)19(30)28-17(27-15)10-33-13-5-6-29(20(31)32)16(9-13)21(23,24)25/h7-8,11,13,16,26H,1-6,9-10H2,(H,31,32)(H,27,28,30)/t13-,16-/m0/s1. The topological polar surface area (TPSA) is 98.3 Å². The lowest BCUT2D eigenvalue weighted by Gasteiger charge is -2.38. The first kappa shape index (κ1) is 23.7. The van der Waals surface area contributed by atoms with Gasteiger partial charge in [-0.25, -0.2) is 14.2 Å². The summed E-state index contributed by atoms with van der Waals surface area (Å²) >= 11 is 1.17. The Labute approximate surface area is 190 Å². The normalized spacial score (nSPS) is 22.1. The van der Waals surface area contributed by atoms with Crippen molar-refractivity contribution >= 4 is 34.4 Å². The van der Waals surface area contributed by atoms with E-state index in [0.29, 0.717) is 10.6 Å². The Hall–Kier alpha value is -2.50. The molecule has 7 nitrogen and oxygen atoms in total. The monoisotopic (exact) mass is 488 g/mol. The number of nitrogens with zero attached hydrogens (tertiary/aromatic N) is 2. The Morgan fingerprint density at radius 1 is 1.27 bits per heavy atom. The maximum atomic E-state index is 14.6. The number of amides is 1. The van der Waals surface area contributed by atoms with E-state index < -0.39 is 34.9 Å². The van der Waals surface area contributed by atoms with Crippen LogP contribution in [0.2, 0.25) is 0 Å². The van der Waals surface area contributed by atoms with E-state index in [9.17, 15) is 27.2 Å². The molecule has 1 aliphatic carbocycles. The van der Waals surface area contributed by atoms with Crippen LogP contribution in [0.4, 0.5) is 28.0 Å². The van der Waals surface area contributed by atoms with Gasteiger partial charge in [-0.15, -0.1) is 0 Å². The highest BCUT2D eigenvalue weighted by Gasteiger charge is 2.48. The van der Waals surface area contributed by atoms with Crippen molar-refractivity contribution < 1.29 is 27.5 Å². The summed E-state index contributed by atoms with van der Waals surface area (Å²) < 4.78 is 54.5. The van der Waals surface area contributed by atoms with Crippen molar-refractivity contribution in [1.29, 1.82) is 0 Å².